The van der Waals surface area contributed by atoms with E-state index in [9.17, 15) is 31.5 Å². The van der Waals surface area contributed by atoms with E-state index in [1.807, 2.05) is 29.2 Å². The number of benzene rings is 4. The van der Waals surface area contributed by atoms with E-state index < -0.39 is 28.9 Å². The molecule has 2 heterocycles. The summed E-state index contributed by atoms with van der Waals surface area (Å²) >= 11 is 0. The second kappa shape index (κ2) is 20.7. The first-order valence-electron chi connectivity index (χ1n) is 19.1. The number of nitrogens with zero attached hydrogens (tertiary/aromatic N) is 3. The third kappa shape index (κ3) is 11.8. The summed E-state index contributed by atoms with van der Waals surface area (Å²) in [5.74, 6) is -1.81. The number of carbonyl (C=O) groups is 1. The largest absolute Gasteiger partial charge is 0.416 e. The lowest BCUT2D eigenvalue weighted by atomic mass is 10.0. The molecule has 1 amide bonds. The van der Waals surface area contributed by atoms with E-state index in [4.69, 9.17) is 0 Å². The number of hydrogen-bond donors (Lipinski definition) is 1. The molecular weight excluding hydrogens is 712 g/mol. The lowest BCUT2D eigenvalue weighted by molar-refractivity contribution is -0.137. The molecule has 55 heavy (non-hydrogen) atoms. The number of rotatable bonds is 10. The molecule has 5 aromatic rings. The Bertz CT molecular complexity index is 2020. The van der Waals surface area contributed by atoms with Gasteiger partial charge in [0, 0.05) is 19.0 Å². The van der Waals surface area contributed by atoms with E-state index in [2.05, 4.69) is 38.0 Å². The van der Waals surface area contributed by atoms with E-state index in [1.54, 1.807) is 28.8 Å². The Morgan fingerprint density at radius 2 is 1.42 bits per heavy atom. The van der Waals surface area contributed by atoms with Gasteiger partial charge in [0.25, 0.3) is 5.56 Å². The normalized spacial score (nSPS) is 13.0. The van der Waals surface area contributed by atoms with Crippen molar-refractivity contribution in [2.45, 2.75) is 97.9 Å². The average molecular weight is 763 g/mol. The molecule has 1 aliphatic heterocycles. The zero-order chi connectivity index (χ0) is 40.0. The highest BCUT2D eigenvalue weighted by atomic mass is 19.4. The molecule has 0 aliphatic carbocycles. The summed E-state index contributed by atoms with van der Waals surface area (Å²) in [6, 6.07) is 23.1. The summed E-state index contributed by atoms with van der Waals surface area (Å²) in [4.78, 5) is 33.3. The molecule has 11 heteroatoms. The summed E-state index contributed by atoms with van der Waals surface area (Å²) in [5, 5.41) is 3.67. The van der Waals surface area contributed by atoms with Gasteiger partial charge in [-0.3, -0.25) is 9.59 Å². The Balaban J connectivity index is 0.000000890. The van der Waals surface area contributed by atoms with E-state index in [-0.39, 0.29) is 36.9 Å². The fourth-order valence-electron chi connectivity index (χ4n) is 6.24. The predicted molar refractivity (Wildman–Crippen MR) is 210 cm³/mol. The van der Waals surface area contributed by atoms with Gasteiger partial charge >= 0.3 is 6.18 Å². The number of aromatic nitrogens is 2. The number of halogens is 5. The first-order chi connectivity index (χ1) is 26.4. The minimum absolute atomic E-state index is 0.0585. The number of amides is 1. The van der Waals surface area contributed by atoms with E-state index in [1.165, 1.54) is 43.5 Å². The summed E-state index contributed by atoms with van der Waals surface area (Å²) < 4.78 is 69.1. The van der Waals surface area contributed by atoms with Crippen LogP contribution in [0.4, 0.5) is 22.0 Å². The van der Waals surface area contributed by atoms with Crippen LogP contribution < -0.4 is 10.9 Å². The van der Waals surface area contributed by atoms with Gasteiger partial charge in [-0.2, -0.15) is 18.2 Å². The Morgan fingerprint density at radius 1 is 0.818 bits per heavy atom. The van der Waals surface area contributed by atoms with Gasteiger partial charge in [0.15, 0.2) is 11.6 Å². The topological polar surface area (TPSA) is 67.2 Å². The van der Waals surface area contributed by atoms with Gasteiger partial charge in [-0.15, -0.1) is 0 Å². The molecule has 1 fully saturated rings. The number of carbonyl (C=O) groups excluding carboxylic acids is 1. The molecule has 294 valence electrons. The molecule has 1 aliphatic rings. The van der Waals surface area contributed by atoms with Crippen molar-refractivity contribution >= 4 is 16.8 Å². The second-order valence-electron chi connectivity index (χ2n) is 13.6. The molecule has 1 aromatic heterocycles. The van der Waals surface area contributed by atoms with Crippen molar-refractivity contribution < 1.29 is 26.7 Å². The molecule has 1 N–H and O–H groups in total. The number of fused-ring (bicyclic) bond motifs is 1. The molecule has 0 atom stereocenters. The van der Waals surface area contributed by atoms with Gasteiger partial charge in [0.2, 0.25) is 5.91 Å². The molecule has 0 saturated carbocycles. The number of hydrogen-bond acceptors (Lipinski definition) is 4. The van der Waals surface area contributed by atoms with Gasteiger partial charge < -0.3 is 14.8 Å². The van der Waals surface area contributed by atoms with Crippen molar-refractivity contribution in [3.05, 3.63) is 135 Å². The molecule has 0 radical (unpaired) electrons. The Hall–Kier alpha value is -4.90. The summed E-state index contributed by atoms with van der Waals surface area (Å²) in [7, 11) is 0. The van der Waals surface area contributed by atoms with Crippen LogP contribution in [-0.2, 0) is 36.9 Å². The molecule has 0 spiro atoms. The van der Waals surface area contributed by atoms with Crippen LogP contribution >= 0.6 is 0 Å². The zero-order valence-electron chi connectivity index (χ0n) is 32.1. The van der Waals surface area contributed by atoms with Crippen molar-refractivity contribution in [1.82, 2.24) is 19.8 Å². The molecule has 6 nitrogen and oxygen atoms in total. The minimum Gasteiger partial charge on any atom is -0.334 e. The number of aryl methyl sites for hydroxylation is 2. The maximum atomic E-state index is 14.5. The lowest BCUT2D eigenvalue weighted by Gasteiger charge is -2.35. The van der Waals surface area contributed by atoms with Crippen LogP contribution in [0.25, 0.3) is 22.0 Å². The van der Waals surface area contributed by atoms with Crippen molar-refractivity contribution in [1.29, 1.82) is 0 Å². The van der Waals surface area contributed by atoms with Crippen LogP contribution in [0.3, 0.4) is 0 Å². The summed E-state index contributed by atoms with van der Waals surface area (Å²) in [6.07, 6.45) is 1.14. The Kier molecular flexibility index (Phi) is 16.1. The van der Waals surface area contributed by atoms with Crippen LogP contribution in [0.2, 0.25) is 0 Å². The third-order valence-corrected chi connectivity index (χ3v) is 9.33. The lowest BCUT2D eigenvalue weighted by Crippen LogP contribution is -2.47. The smallest absolute Gasteiger partial charge is 0.334 e. The van der Waals surface area contributed by atoms with Gasteiger partial charge in [-0.25, -0.2) is 8.78 Å². The Labute approximate surface area is 320 Å². The molecule has 6 rings (SSSR count). The van der Waals surface area contributed by atoms with Crippen LogP contribution in [0.15, 0.2) is 95.8 Å². The van der Waals surface area contributed by atoms with E-state index in [0.717, 1.165) is 55.3 Å². The van der Waals surface area contributed by atoms with Crippen molar-refractivity contribution in [2.75, 3.05) is 13.1 Å². The fraction of sp³-hybridized carbons (Fsp3) is 0.386. The quantitative estimate of drug-likeness (QED) is 0.144. The fourth-order valence-corrected chi connectivity index (χ4v) is 6.24. The highest BCUT2D eigenvalue weighted by Crippen LogP contribution is 2.31. The minimum atomic E-state index is -4.41. The SMILES string of the molecule is CCC.CCCC.O=C(Cn1c(CCc2cccc(F)c2F)nc(=O)c2ccccc21)N(Cc1ccc(-c2ccc(C(F)(F)F)cc2)cc1)C1CCNCC1. The molecule has 0 bridgehead atoms. The van der Waals surface area contributed by atoms with Crippen molar-refractivity contribution in [3.8, 4) is 11.1 Å². The third-order valence-electron chi connectivity index (χ3n) is 9.33. The van der Waals surface area contributed by atoms with E-state index in [0.29, 0.717) is 28.8 Å². The predicted octanol–water partition coefficient (Wildman–Crippen LogP) is 10.1. The molecular formula is C44H51F5N4O2. The molecule has 4 aromatic carbocycles. The van der Waals surface area contributed by atoms with Crippen molar-refractivity contribution in [2.24, 2.45) is 0 Å². The first-order valence-corrected chi connectivity index (χ1v) is 19.1. The van der Waals surface area contributed by atoms with E-state index >= 15 is 0 Å². The number of piperidine rings is 1. The Morgan fingerprint density at radius 3 is 2.02 bits per heavy atom. The van der Waals surface area contributed by atoms with Gasteiger partial charge in [0.05, 0.1) is 16.5 Å². The second-order valence-corrected chi connectivity index (χ2v) is 13.6. The van der Waals surface area contributed by atoms with Crippen LogP contribution in [-0.4, -0.2) is 39.5 Å². The summed E-state index contributed by atoms with van der Waals surface area (Å²) in [6.45, 7) is 10.3. The first kappa shape index (κ1) is 42.8. The van der Waals surface area contributed by atoms with Gasteiger partial charge in [0.1, 0.15) is 12.4 Å². The van der Waals surface area contributed by atoms with Crippen LogP contribution in [0.1, 0.15) is 82.3 Å². The molecule has 1 saturated heterocycles. The monoisotopic (exact) mass is 762 g/mol. The van der Waals surface area contributed by atoms with Gasteiger partial charge in [-0.1, -0.05) is 108 Å². The number of unbranched alkanes of at least 4 members (excludes halogenated alkanes) is 1. The van der Waals surface area contributed by atoms with Crippen LogP contribution in [0, 0.1) is 11.6 Å². The number of alkyl halides is 3. The van der Waals surface area contributed by atoms with Gasteiger partial charge in [-0.05, 0) is 84.9 Å². The summed E-state index contributed by atoms with van der Waals surface area (Å²) in [5.41, 5.74) is 1.73. The number of para-hydroxylation sites is 1. The number of nitrogens with one attached hydrogen (secondary N) is 1. The molecule has 0 unspecified atom stereocenters. The maximum Gasteiger partial charge on any atom is 0.416 e. The average Bonchev–Trinajstić information content (AvgIpc) is 3.19. The highest BCUT2D eigenvalue weighted by Gasteiger charge is 2.30. The van der Waals surface area contributed by atoms with Crippen LogP contribution in [0.5, 0.6) is 0 Å². The standard InChI is InChI=1S/C37H33F5N4O2.C4H10.C3H8/c38-31-6-3-4-27(35(31)39)14-17-33-44-36(48)30-5-1-2-7-32(30)46(33)23-34(47)45(29-18-20-43-21-19-29)22-24-8-10-25(11-9-24)26-12-15-28(16-13-26)37(40,41)42;1-3-4-2;1-3-2/h1-13,15-16,29,43H,14,17-23H2;3-4H2,1-2H3;3H2,1-2H3. The zero-order valence-corrected chi connectivity index (χ0v) is 32.1. The highest BCUT2D eigenvalue weighted by molar-refractivity contribution is 5.82. The van der Waals surface area contributed by atoms with Crippen molar-refractivity contribution in [3.63, 3.8) is 0 Å². The maximum absolute atomic E-state index is 14.5.